The van der Waals surface area contributed by atoms with Crippen LogP contribution in [0.3, 0.4) is 0 Å². The number of nitrogens with one attached hydrogen (secondary N) is 2. The molecule has 0 saturated carbocycles. The minimum atomic E-state index is -0.359. The lowest BCUT2D eigenvalue weighted by Gasteiger charge is -2.13. The molecule has 142 valence electrons. The Morgan fingerprint density at radius 1 is 0.679 bits per heavy atom. The summed E-state index contributed by atoms with van der Waals surface area (Å²) < 4.78 is 10.3. The second-order valence-corrected chi connectivity index (χ2v) is 5.88. The summed E-state index contributed by atoms with van der Waals surface area (Å²) in [6.07, 6.45) is 0. The van der Waals surface area contributed by atoms with Crippen LogP contribution in [0.5, 0.6) is 11.5 Å². The fourth-order valence-corrected chi connectivity index (χ4v) is 2.68. The second-order valence-electron chi connectivity index (χ2n) is 5.88. The molecule has 0 aliphatic carbocycles. The van der Waals surface area contributed by atoms with Crippen molar-refractivity contribution in [3.05, 3.63) is 83.9 Å². The number of para-hydroxylation sites is 2. The van der Waals surface area contributed by atoms with Crippen molar-refractivity contribution < 1.29 is 19.1 Å². The van der Waals surface area contributed by atoms with E-state index < -0.39 is 0 Å². The minimum Gasteiger partial charge on any atom is -0.497 e. The highest BCUT2D eigenvalue weighted by Gasteiger charge is 2.16. The number of carbonyl (C=O) groups excluding carboxylic acids is 2. The highest BCUT2D eigenvalue weighted by atomic mass is 16.5. The molecule has 0 fully saturated rings. The van der Waals surface area contributed by atoms with Gasteiger partial charge in [0, 0.05) is 5.69 Å². The zero-order chi connectivity index (χ0) is 19.9. The largest absolute Gasteiger partial charge is 0.497 e. The van der Waals surface area contributed by atoms with Crippen LogP contribution in [0.4, 0.5) is 11.4 Å². The summed E-state index contributed by atoms with van der Waals surface area (Å²) in [5.41, 5.74) is 1.76. The molecule has 6 nitrogen and oxygen atoms in total. The van der Waals surface area contributed by atoms with Gasteiger partial charge in [-0.2, -0.15) is 0 Å². The highest BCUT2D eigenvalue weighted by Crippen LogP contribution is 2.22. The van der Waals surface area contributed by atoms with Crippen LogP contribution in [-0.4, -0.2) is 26.0 Å². The molecule has 0 radical (unpaired) electrons. The fraction of sp³-hybridized carbons (Fsp3) is 0.0909. The smallest absolute Gasteiger partial charge is 0.259 e. The van der Waals surface area contributed by atoms with E-state index in [1.807, 2.05) is 0 Å². The Morgan fingerprint density at radius 2 is 1.29 bits per heavy atom. The molecular weight excluding hydrogens is 356 g/mol. The van der Waals surface area contributed by atoms with E-state index in [0.29, 0.717) is 34.0 Å². The second kappa shape index (κ2) is 8.73. The predicted molar refractivity (Wildman–Crippen MR) is 108 cm³/mol. The minimum absolute atomic E-state index is 0.332. The third-order valence-electron chi connectivity index (χ3n) is 4.12. The van der Waals surface area contributed by atoms with Crippen molar-refractivity contribution in [2.75, 3.05) is 24.9 Å². The Balaban J connectivity index is 1.80. The molecule has 2 N–H and O–H groups in total. The van der Waals surface area contributed by atoms with Gasteiger partial charge in [-0.25, -0.2) is 0 Å². The summed E-state index contributed by atoms with van der Waals surface area (Å²) in [7, 11) is 3.08. The van der Waals surface area contributed by atoms with Crippen molar-refractivity contribution in [2.24, 2.45) is 0 Å². The molecule has 0 heterocycles. The number of rotatable bonds is 6. The molecule has 0 spiro atoms. The highest BCUT2D eigenvalue weighted by molar-refractivity contribution is 6.13. The summed E-state index contributed by atoms with van der Waals surface area (Å²) in [6, 6.07) is 20.7. The Bertz CT molecular complexity index is 984. The van der Waals surface area contributed by atoms with Gasteiger partial charge < -0.3 is 20.1 Å². The zero-order valence-electron chi connectivity index (χ0n) is 15.6. The van der Waals surface area contributed by atoms with Crippen LogP contribution in [0, 0.1) is 0 Å². The van der Waals surface area contributed by atoms with Crippen molar-refractivity contribution in [2.45, 2.75) is 0 Å². The fourth-order valence-electron chi connectivity index (χ4n) is 2.68. The molecule has 0 saturated heterocycles. The van der Waals surface area contributed by atoms with Crippen LogP contribution in [0.2, 0.25) is 0 Å². The molecule has 0 aliphatic rings. The first kappa shape index (κ1) is 19.0. The number of methoxy groups -OCH3 is 2. The quantitative estimate of drug-likeness (QED) is 0.676. The van der Waals surface area contributed by atoms with E-state index in [4.69, 9.17) is 9.47 Å². The number of ether oxygens (including phenoxy) is 2. The van der Waals surface area contributed by atoms with Gasteiger partial charge in [-0.1, -0.05) is 24.3 Å². The maximum atomic E-state index is 12.7. The molecule has 3 rings (SSSR count). The maximum absolute atomic E-state index is 12.7. The van der Waals surface area contributed by atoms with Gasteiger partial charge in [-0.3, -0.25) is 9.59 Å². The SMILES string of the molecule is COc1ccc(NC(=O)c2ccccc2NC(=O)c2ccccc2OC)cc1. The van der Waals surface area contributed by atoms with Crippen molar-refractivity contribution >= 4 is 23.2 Å². The topological polar surface area (TPSA) is 76.7 Å². The Labute approximate surface area is 163 Å². The summed E-state index contributed by atoms with van der Waals surface area (Å²) >= 11 is 0. The number of hydrogen-bond donors (Lipinski definition) is 2. The standard InChI is InChI=1S/C22H20N2O4/c1-27-16-13-11-15(12-14-16)23-21(25)17-7-3-5-9-19(17)24-22(26)18-8-4-6-10-20(18)28-2/h3-14H,1-2H3,(H,23,25)(H,24,26). The Morgan fingerprint density at radius 3 is 1.96 bits per heavy atom. The monoisotopic (exact) mass is 376 g/mol. The van der Waals surface area contributed by atoms with Crippen molar-refractivity contribution in [1.29, 1.82) is 0 Å². The van der Waals surface area contributed by atoms with Crippen LogP contribution >= 0.6 is 0 Å². The molecule has 0 unspecified atom stereocenters. The molecule has 3 aromatic rings. The number of carbonyl (C=O) groups is 2. The third kappa shape index (κ3) is 4.29. The van der Waals surface area contributed by atoms with E-state index in [9.17, 15) is 9.59 Å². The van der Waals surface area contributed by atoms with Gasteiger partial charge >= 0.3 is 0 Å². The van der Waals surface area contributed by atoms with Gasteiger partial charge in [-0.15, -0.1) is 0 Å². The normalized spacial score (nSPS) is 10.1. The van der Waals surface area contributed by atoms with Crippen LogP contribution in [0.25, 0.3) is 0 Å². The number of amides is 2. The number of anilines is 2. The average molecular weight is 376 g/mol. The van der Waals surface area contributed by atoms with Crippen LogP contribution in [0.1, 0.15) is 20.7 Å². The molecule has 3 aromatic carbocycles. The number of benzene rings is 3. The first-order valence-electron chi connectivity index (χ1n) is 8.61. The molecule has 2 amide bonds. The van der Waals surface area contributed by atoms with E-state index >= 15 is 0 Å². The predicted octanol–water partition coefficient (Wildman–Crippen LogP) is 4.21. The van der Waals surface area contributed by atoms with E-state index in [1.165, 1.54) is 7.11 Å². The van der Waals surface area contributed by atoms with Gasteiger partial charge in [0.1, 0.15) is 11.5 Å². The van der Waals surface area contributed by atoms with Crippen LogP contribution in [-0.2, 0) is 0 Å². The van der Waals surface area contributed by atoms with Gasteiger partial charge in [0.2, 0.25) is 0 Å². The van der Waals surface area contributed by atoms with E-state index in [2.05, 4.69) is 10.6 Å². The van der Waals surface area contributed by atoms with E-state index in [-0.39, 0.29) is 11.8 Å². The average Bonchev–Trinajstić information content (AvgIpc) is 2.74. The van der Waals surface area contributed by atoms with E-state index in [0.717, 1.165) is 0 Å². The maximum Gasteiger partial charge on any atom is 0.259 e. The first-order chi connectivity index (χ1) is 13.6. The van der Waals surface area contributed by atoms with Gasteiger partial charge in [0.25, 0.3) is 11.8 Å². The Hall–Kier alpha value is -3.80. The van der Waals surface area contributed by atoms with Crippen LogP contribution < -0.4 is 20.1 Å². The Kier molecular flexibility index (Phi) is 5.91. The molecule has 0 aromatic heterocycles. The zero-order valence-corrected chi connectivity index (χ0v) is 15.6. The van der Waals surface area contributed by atoms with E-state index in [1.54, 1.807) is 79.9 Å². The summed E-state index contributed by atoms with van der Waals surface area (Å²) in [4.78, 5) is 25.4. The van der Waals surface area contributed by atoms with Crippen molar-refractivity contribution in [1.82, 2.24) is 0 Å². The lowest BCUT2D eigenvalue weighted by Crippen LogP contribution is -2.18. The summed E-state index contributed by atoms with van der Waals surface area (Å²) in [5.74, 6) is 0.464. The molecular formula is C22H20N2O4. The van der Waals surface area contributed by atoms with Crippen LogP contribution in [0.15, 0.2) is 72.8 Å². The molecule has 6 heteroatoms. The van der Waals surface area contributed by atoms with Gasteiger partial charge in [-0.05, 0) is 48.5 Å². The molecule has 0 aliphatic heterocycles. The summed E-state index contributed by atoms with van der Waals surface area (Å²) in [6.45, 7) is 0. The lowest BCUT2D eigenvalue weighted by molar-refractivity contribution is 0.102. The molecule has 0 atom stereocenters. The molecule has 28 heavy (non-hydrogen) atoms. The third-order valence-corrected chi connectivity index (χ3v) is 4.12. The lowest BCUT2D eigenvalue weighted by atomic mass is 10.1. The summed E-state index contributed by atoms with van der Waals surface area (Å²) in [5, 5.41) is 5.60. The van der Waals surface area contributed by atoms with Crippen molar-refractivity contribution in [3.8, 4) is 11.5 Å². The first-order valence-corrected chi connectivity index (χ1v) is 8.61. The van der Waals surface area contributed by atoms with Crippen molar-refractivity contribution in [3.63, 3.8) is 0 Å². The number of hydrogen-bond acceptors (Lipinski definition) is 4. The van der Waals surface area contributed by atoms with Gasteiger partial charge in [0.15, 0.2) is 0 Å². The molecule has 0 bridgehead atoms. The van der Waals surface area contributed by atoms with Gasteiger partial charge in [0.05, 0.1) is 31.0 Å².